The first-order valence-corrected chi connectivity index (χ1v) is 11.9. The molecule has 2 aromatic heterocycles. The average Bonchev–Trinajstić information content (AvgIpc) is 3.29. The van der Waals surface area contributed by atoms with Crippen molar-refractivity contribution in [2.45, 2.75) is 25.9 Å². The second-order valence-electron chi connectivity index (χ2n) is 8.74. The highest BCUT2D eigenvalue weighted by molar-refractivity contribution is 6.42. The van der Waals surface area contributed by atoms with Crippen molar-refractivity contribution in [2.24, 2.45) is 0 Å². The first-order chi connectivity index (χ1) is 16.8. The smallest absolute Gasteiger partial charge is 0.151 e. The molecule has 0 spiro atoms. The summed E-state index contributed by atoms with van der Waals surface area (Å²) >= 11 is 12.5. The van der Waals surface area contributed by atoms with Crippen LogP contribution in [0.25, 0.3) is 16.6 Å². The summed E-state index contributed by atoms with van der Waals surface area (Å²) < 4.78 is 22.0. The highest BCUT2D eigenvalue weighted by atomic mass is 35.5. The van der Waals surface area contributed by atoms with Gasteiger partial charge in [-0.25, -0.2) is 9.37 Å². The van der Waals surface area contributed by atoms with Crippen molar-refractivity contribution < 1.29 is 9.13 Å². The molecule has 0 atom stereocenters. The topological polar surface area (TPSA) is 39.9 Å². The van der Waals surface area contributed by atoms with E-state index in [1.807, 2.05) is 53.2 Å². The fourth-order valence-corrected chi connectivity index (χ4v) is 4.48. The molecule has 0 saturated heterocycles. The number of para-hydroxylation sites is 1. The Hall–Kier alpha value is -3.41. The van der Waals surface area contributed by atoms with Gasteiger partial charge in [0.25, 0.3) is 0 Å². The van der Waals surface area contributed by atoms with Crippen LogP contribution in [0.3, 0.4) is 0 Å². The summed E-state index contributed by atoms with van der Waals surface area (Å²) in [5, 5.41) is 1.90. The number of nitrogens with zero attached hydrogens (tertiary/aromatic N) is 3. The van der Waals surface area contributed by atoms with Gasteiger partial charge in [0.05, 0.1) is 21.3 Å². The number of aromatic nitrogens is 3. The van der Waals surface area contributed by atoms with Gasteiger partial charge in [-0.2, -0.15) is 0 Å². The van der Waals surface area contributed by atoms with Gasteiger partial charge in [0.2, 0.25) is 0 Å². The van der Waals surface area contributed by atoms with E-state index in [0.29, 0.717) is 15.9 Å². The zero-order valence-corrected chi connectivity index (χ0v) is 20.7. The Balaban J connectivity index is 1.58. The van der Waals surface area contributed by atoms with Crippen LogP contribution in [0.5, 0.6) is 5.75 Å². The molecule has 176 valence electrons. The molecule has 35 heavy (non-hydrogen) atoms. The van der Waals surface area contributed by atoms with Crippen molar-refractivity contribution in [1.82, 2.24) is 14.5 Å². The predicted octanol–water partition coefficient (Wildman–Crippen LogP) is 7.77. The maximum Gasteiger partial charge on any atom is 0.151 e. The van der Waals surface area contributed by atoms with Gasteiger partial charge in [-0.05, 0) is 60.2 Å². The van der Waals surface area contributed by atoms with Crippen molar-refractivity contribution in [3.63, 3.8) is 0 Å². The van der Waals surface area contributed by atoms with Crippen molar-refractivity contribution in [2.75, 3.05) is 0 Å². The van der Waals surface area contributed by atoms with E-state index in [1.54, 1.807) is 24.4 Å². The fraction of sp³-hybridized carbons (Fsp3) is 0.143. The van der Waals surface area contributed by atoms with Crippen LogP contribution in [0.15, 0.2) is 85.2 Å². The average molecular weight is 506 g/mol. The molecule has 5 rings (SSSR count). The Bertz CT molecular complexity index is 1510. The Kier molecular flexibility index (Phi) is 6.22. The first kappa shape index (κ1) is 23.3. The Labute approximate surface area is 212 Å². The van der Waals surface area contributed by atoms with E-state index in [1.165, 1.54) is 12.1 Å². The van der Waals surface area contributed by atoms with Crippen molar-refractivity contribution in [3.05, 3.63) is 118 Å². The summed E-state index contributed by atoms with van der Waals surface area (Å²) in [5.41, 5.74) is 3.03. The number of rotatable bonds is 6. The summed E-state index contributed by atoms with van der Waals surface area (Å²) in [7, 11) is 0. The molecule has 3 aromatic carbocycles. The van der Waals surface area contributed by atoms with Crippen LogP contribution < -0.4 is 4.74 Å². The van der Waals surface area contributed by atoms with E-state index in [9.17, 15) is 4.39 Å². The van der Waals surface area contributed by atoms with Gasteiger partial charge in [0, 0.05) is 28.9 Å². The molecule has 0 radical (unpaired) electrons. The third-order valence-electron chi connectivity index (χ3n) is 6.17. The zero-order chi connectivity index (χ0) is 24.6. The van der Waals surface area contributed by atoms with Crippen LogP contribution in [-0.4, -0.2) is 14.5 Å². The number of hydrogen-bond acceptors (Lipinski definition) is 3. The van der Waals surface area contributed by atoms with Gasteiger partial charge >= 0.3 is 0 Å². The monoisotopic (exact) mass is 505 g/mol. The van der Waals surface area contributed by atoms with E-state index in [-0.39, 0.29) is 12.4 Å². The number of pyridine rings is 1. The third-order valence-corrected chi connectivity index (χ3v) is 6.91. The highest BCUT2D eigenvalue weighted by Gasteiger charge is 2.30. The van der Waals surface area contributed by atoms with Gasteiger partial charge in [-0.3, -0.25) is 9.55 Å². The summed E-state index contributed by atoms with van der Waals surface area (Å²) in [6.07, 6.45) is 3.55. The molecule has 2 heterocycles. The van der Waals surface area contributed by atoms with Gasteiger partial charge in [-0.1, -0.05) is 55.2 Å². The first-order valence-electron chi connectivity index (χ1n) is 11.1. The number of ether oxygens (including phenoxy) is 1. The predicted molar refractivity (Wildman–Crippen MR) is 138 cm³/mol. The van der Waals surface area contributed by atoms with Crippen LogP contribution in [0.4, 0.5) is 4.39 Å². The molecule has 0 aliphatic heterocycles. The minimum Gasteiger partial charge on any atom is -0.485 e. The van der Waals surface area contributed by atoms with E-state index >= 15 is 0 Å². The molecule has 0 bridgehead atoms. The van der Waals surface area contributed by atoms with Crippen LogP contribution in [0.1, 0.15) is 30.9 Å². The summed E-state index contributed by atoms with van der Waals surface area (Å²) in [5.74, 6) is 1.09. The molecule has 7 heteroatoms. The molecule has 0 amide bonds. The highest BCUT2D eigenvalue weighted by Crippen LogP contribution is 2.37. The molecular formula is C28H22Cl2FN3O. The molecule has 0 N–H and O–H groups in total. The molecule has 0 fully saturated rings. The number of hydrogen-bond donors (Lipinski definition) is 0. The van der Waals surface area contributed by atoms with Crippen LogP contribution in [-0.2, 0) is 12.0 Å². The van der Waals surface area contributed by atoms with E-state index in [2.05, 4.69) is 18.8 Å². The maximum absolute atomic E-state index is 13.7. The fourth-order valence-electron chi connectivity index (χ4n) is 4.18. The molecular weight excluding hydrogens is 484 g/mol. The number of imidazole rings is 1. The summed E-state index contributed by atoms with van der Waals surface area (Å²) in [4.78, 5) is 9.11. The minimum atomic E-state index is -0.489. The number of fused-ring (bicyclic) bond motifs is 1. The summed E-state index contributed by atoms with van der Waals surface area (Å²) in [6.45, 7) is 4.39. The van der Waals surface area contributed by atoms with Crippen LogP contribution in [0, 0.1) is 5.82 Å². The van der Waals surface area contributed by atoms with Crippen molar-refractivity contribution >= 4 is 34.1 Å². The van der Waals surface area contributed by atoms with Crippen molar-refractivity contribution in [3.8, 4) is 11.4 Å². The maximum atomic E-state index is 13.7. The van der Waals surface area contributed by atoms with Gasteiger partial charge in [0.1, 0.15) is 18.2 Å². The standard InChI is InChI=1S/C28H22Cl2FN3O/c1-28(2,18-7-12-22(29)23(30)15-18)26-16-33-27(34(26)20-10-8-19(31)9-11-20)17-35-25-13-14-32-24-6-4-3-5-21(24)25/h3-16H,17H2,1-2H3. The van der Waals surface area contributed by atoms with E-state index in [4.69, 9.17) is 32.9 Å². The third kappa shape index (κ3) is 4.49. The van der Waals surface area contributed by atoms with E-state index in [0.717, 1.165) is 33.6 Å². The lowest BCUT2D eigenvalue weighted by Crippen LogP contribution is -2.24. The zero-order valence-electron chi connectivity index (χ0n) is 19.2. The summed E-state index contributed by atoms with van der Waals surface area (Å²) in [6, 6.07) is 21.6. The van der Waals surface area contributed by atoms with Gasteiger partial charge in [0.15, 0.2) is 5.82 Å². The van der Waals surface area contributed by atoms with Crippen molar-refractivity contribution in [1.29, 1.82) is 0 Å². The molecule has 0 unspecified atom stereocenters. The molecule has 5 aromatic rings. The second-order valence-corrected chi connectivity index (χ2v) is 9.55. The van der Waals surface area contributed by atoms with Gasteiger partial charge in [-0.15, -0.1) is 0 Å². The molecule has 4 nitrogen and oxygen atoms in total. The van der Waals surface area contributed by atoms with Gasteiger partial charge < -0.3 is 4.74 Å². The Morgan fingerprint density at radius 3 is 2.46 bits per heavy atom. The minimum absolute atomic E-state index is 0.211. The Morgan fingerprint density at radius 1 is 0.914 bits per heavy atom. The van der Waals surface area contributed by atoms with Crippen LogP contribution >= 0.6 is 23.2 Å². The molecule has 0 aliphatic carbocycles. The lowest BCUT2D eigenvalue weighted by Gasteiger charge is -2.28. The Morgan fingerprint density at radius 2 is 1.69 bits per heavy atom. The normalized spacial score (nSPS) is 11.7. The molecule has 0 aliphatic rings. The lowest BCUT2D eigenvalue weighted by atomic mass is 9.81. The lowest BCUT2D eigenvalue weighted by molar-refractivity contribution is 0.296. The van der Waals surface area contributed by atoms with E-state index < -0.39 is 5.41 Å². The largest absolute Gasteiger partial charge is 0.485 e. The number of benzene rings is 3. The van der Waals surface area contributed by atoms with Crippen LogP contribution in [0.2, 0.25) is 10.0 Å². The SMILES string of the molecule is CC(C)(c1ccc(Cl)c(Cl)c1)c1cnc(COc2ccnc3ccccc23)n1-c1ccc(F)cc1. The second kappa shape index (κ2) is 9.33. The number of halogens is 3. The molecule has 0 saturated carbocycles. The quantitative estimate of drug-likeness (QED) is 0.236.